The average molecular weight is 390 g/mol. The summed E-state index contributed by atoms with van der Waals surface area (Å²) >= 11 is 0. The Hall–Kier alpha value is -2.54. The number of hydrogen-bond acceptors (Lipinski definition) is 4. The minimum absolute atomic E-state index is 0. The fraction of sp³-hybridized carbons (Fsp3) is 0.176. The van der Waals surface area contributed by atoms with Crippen LogP contribution < -0.4 is 21.5 Å². The normalized spacial score (nSPS) is 13.1. The van der Waals surface area contributed by atoms with Crippen molar-refractivity contribution in [3.05, 3.63) is 65.5 Å². The molecule has 1 aliphatic heterocycles. The topological polar surface area (TPSA) is 62.9 Å². The van der Waals surface area contributed by atoms with Crippen LogP contribution in [-0.2, 0) is 11.4 Å². The van der Waals surface area contributed by atoms with Gasteiger partial charge in [0.2, 0.25) is 0 Å². The van der Waals surface area contributed by atoms with Gasteiger partial charge < -0.3 is 21.8 Å². The van der Waals surface area contributed by atoms with Gasteiger partial charge in [-0.1, -0.05) is 17.3 Å². The Morgan fingerprint density at radius 2 is 1.67 bits per heavy atom. The van der Waals surface area contributed by atoms with Crippen molar-refractivity contribution in [2.45, 2.75) is 13.5 Å². The Balaban J connectivity index is 0.00000208. The summed E-state index contributed by atoms with van der Waals surface area (Å²) in [6.07, 6.45) is 5.41. The third kappa shape index (κ3) is 3.51. The molecule has 0 N–H and O–H groups in total. The van der Waals surface area contributed by atoms with Crippen molar-refractivity contribution in [3.8, 4) is 0 Å². The highest BCUT2D eigenvalue weighted by Crippen LogP contribution is 2.21. The molecule has 1 aromatic carbocycles. The highest BCUT2D eigenvalue weighted by Gasteiger charge is 2.35. The molecular formula is C17H16BrN3O3. The van der Waals surface area contributed by atoms with Crippen LogP contribution in [-0.4, -0.2) is 29.7 Å². The second kappa shape index (κ2) is 7.83. The highest BCUT2D eigenvalue weighted by molar-refractivity contribution is 6.21. The Labute approximate surface area is 150 Å². The number of imide groups is 1. The van der Waals surface area contributed by atoms with Crippen molar-refractivity contribution in [2.75, 3.05) is 6.73 Å². The SMILES string of the molecule is CC[n+]1ccc(/C=N/OCN2C(=O)c3ccccc3C2=O)cc1.[Br-]. The first-order chi connectivity index (χ1) is 11.2. The molecule has 2 heterocycles. The van der Waals surface area contributed by atoms with Crippen molar-refractivity contribution < 1.29 is 36.0 Å². The average Bonchev–Trinajstić information content (AvgIpc) is 2.84. The standard InChI is InChI=1S/C17H16N3O3.BrH/c1-2-19-9-7-13(8-10-19)11-18-23-12-20-16(21)14-5-3-4-6-15(14)17(20)22;/h3-11H,2,12H2,1H3;1H/q+1;/p-1/b18-11+;. The van der Waals surface area contributed by atoms with Crippen LogP contribution in [0.2, 0.25) is 0 Å². The summed E-state index contributed by atoms with van der Waals surface area (Å²) in [5.74, 6) is -0.714. The van der Waals surface area contributed by atoms with Gasteiger partial charge >= 0.3 is 0 Å². The maximum absolute atomic E-state index is 12.1. The number of aryl methyl sites for hydroxylation is 1. The van der Waals surface area contributed by atoms with Gasteiger partial charge in [0.05, 0.1) is 17.3 Å². The van der Waals surface area contributed by atoms with E-state index in [-0.39, 0.29) is 35.5 Å². The van der Waals surface area contributed by atoms with Gasteiger partial charge in [0.25, 0.3) is 11.8 Å². The van der Waals surface area contributed by atoms with E-state index in [1.54, 1.807) is 24.3 Å². The number of fused-ring (bicyclic) bond motifs is 1. The molecular weight excluding hydrogens is 374 g/mol. The summed E-state index contributed by atoms with van der Waals surface area (Å²) in [7, 11) is 0. The molecule has 1 aromatic heterocycles. The van der Waals surface area contributed by atoms with E-state index in [1.807, 2.05) is 29.1 Å². The van der Waals surface area contributed by atoms with Gasteiger partial charge in [0.1, 0.15) is 6.54 Å². The minimum Gasteiger partial charge on any atom is -1.00 e. The molecule has 6 nitrogen and oxygen atoms in total. The molecule has 0 saturated carbocycles. The molecule has 0 bridgehead atoms. The van der Waals surface area contributed by atoms with Gasteiger partial charge in [0, 0.05) is 17.7 Å². The lowest BCUT2D eigenvalue weighted by Crippen LogP contribution is -3.00. The fourth-order valence-electron chi connectivity index (χ4n) is 2.31. The Morgan fingerprint density at radius 1 is 1.08 bits per heavy atom. The maximum Gasteiger partial charge on any atom is 0.264 e. The van der Waals surface area contributed by atoms with Crippen LogP contribution >= 0.6 is 0 Å². The Bertz CT molecular complexity index is 740. The first-order valence-electron chi connectivity index (χ1n) is 7.30. The lowest BCUT2D eigenvalue weighted by Gasteiger charge is -2.11. The minimum atomic E-state index is -0.357. The van der Waals surface area contributed by atoms with E-state index in [0.717, 1.165) is 17.0 Å². The molecule has 0 unspecified atom stereocenters. The molecule has 0 spiro atoms. The molecule has 0 fully saturated rings. The lowest BCUT2D eigenvalue weighted by molar-refractivity contribution is -0.693. The van der Waals surface area contributed by atoms with Crippen molar-refractivity contribution in [3.63, 3.8) is 0 Å². The molecule has 2 amide bonds. The van der Waals surface area contributed by atoms with Gasteiger partial charge in [0.15, 0.2) is 19.1 Å². The number of benzene rings is 1. The van der Waals surface area contributed by atoms with Crippen molar-refractivity contribution in [1.82, 2.24) is 4.90 Å². The van der Waals surface area contributed by atoms with Crippen LogP contribution in [0.3, 0.4) is 0 Å². The second-order valence-corrected chi connectivity index (χ2v) is 5.04. The molecule has 0 atom stereocenters. The van der Waals surface area contributed by atoms with Gasteiger partial charge in [-0.2, -0.15) is 0 Å². The number of pyridine rings is 1. The van der Waals surface area contributed by atoms with Crippen LogP contribution in [0.15, 0.2) is 53.9 Å². The predicted octanol–water partition coefficient (Wildman–Crippen LogP) is -1.40. The molecule has 1 aliphatic rings. The zero-order valence-corrected chi connectivity index (χ0v) is 14.6. The molecule has 3 rings (SSSR count). The van der Waals surface area contributed by atoms with Gasteiger partial charge in [-0.25, -0.2) is 9.47 Å². The largest absolute Gasteiger partial charge is 1.00 e. The Morgan fingerprint density at radius 3 is 2.21 bits per heavy atom. The van der Waals surface area contributed by atoms with Gasteiger partial charge in [-0.3, -0.25) is 9.59 Å². The van der Waals surface area contributed by atoms with E-state index >= 15 is 0 Å². The van der Waals surface area contributed by atoms with Crippen LogP contribution in [0.4, 0.5) is 0 Å². The molecule has 7 heteroatoms. The van der Waals surface area contributed by atoms with E-state index in [1.165, 1.54) is 6.21 Å². The van der Waals surface area contributed by atoms with Crippen molar-refractivity contribution in [1.29, 1.82) is 0 Å². The Kier molecular flexibility index (Phi) is 5.81. The quantitative estimate of drug-likeness (QED) is 0.273. The van der Waals surface area contributed by atoms with Crippen molar-refractivity contribution in [2.24, 2.45) is 5.16 Å². The number of hydrogen-bond donors (Lipinski definition) is 0. The van der Waals surface area contributed by atoms with E-state index in [0.29, 0.717) is 11.1 Å². The van der Waals surface area contributed by atoms with Gasteiger partial charge in [-0.05, 0) is 19.1 Å². The summed E-state index contributed by atoms with van der Waals surface area (Å²) in [4.78, 5) is 30.4. The highest BCUT2D eigenvalue weighted by atomic mass is 79.9. The third-order valence-electron chi connectivity index (χ3n) is 3.62. The smallest absolute Gasteiger partial charge is 0.264 e. The number of halogens is 1. The number of carbonyl (C=O) groups excluding carboxylic acids is 2. The number of carbonyl (C=O) groups is 2. The summed E-state index contributed by atoms with van der Waals surface area (Å²) < 4.78 is 2.02. The zero-order valence-electron chi connectivity index (χ0n) is 13.1. The van der Waals surface area contributed by atoms with E-state index in [4.69, 9.17) is 4.84 Å². The molecule has 0 aliphatic carbocycles. The lowest BCUT2D eigenvalue weighted by atomic mass is 10.1. The van der Waals surface area contributed by atoms with E-state index in [9.17, 15) is 9.59 Å². The maximum atomic E-state index is 12.1. The van der Waals surface area contributed by atoms with Gasteiger partial charge in [-0.15, -0.1) is 0 Å². The molecule has 2 aromatic rings. The number of aromatic nitrogens is 1. The number of oxime groups is 1. The molecule has 24 heavy (non-hydrogen) atoms. The van der Waals surface area contributed by atoms with Crippen LogP contribution in [0, 0.1) is 0 Å². The summed E-state index contributed by atoms with van der Waals surface area (Å²) in [6, 6.07) is 10.5. The van der Waals surface area contributed by atoms with E-state index in [2.05, 4.69) is 12.1 Å². The summed E-state index contributed by atoms with van der Waals surface area (Å²) in [5.41, 5.74) is 1.67. The number of nitrogens with zero attached hydrogens (tertiary/aromatic N) is 3. The monoisotopic (exact) mass is 389 g/mol. The first-order valence-corrected chi connectivity index (χ1v) is 7.30. The van der Waals surface area contributed by atoms with Crippen LogP contribution in [0.25, 0.3) is 0 Å². The first kappa shape index (κ1) is 17.8. The van der Waals surface area contributed by atoms with E-state index < -0.39 is 0 Å². The predicted molar refractivity (Wildman–Crippen MR) is 82.8 cm³/mol. The van der Waals surface area contributed by atoms with Crippen LogP contribution in [0.5, 0.6) is 0 Å². The third-order valence-corrected chi connectivity index (χ3v) is 3.62. The fourth-order valence-corrected chi connectivity index (χ4v) is 2.31. The second-order valence-electron chi connectivity index (χ2n) is 5.04. The summed E-state index contributed by atoms with van der Waals surface area (Å²) in [6.45, 7) is 2.75. The van der Waals surface area contributed by atoms with Crippen LogP contribution in [0.1, 0.15) is 33.2 Å². The van der Waals surface area contributed by atoms with Crippen molar-refractivity contribution >= 4 is 18.0 Å². The number of rotatable bonds is 5. The summed E-state index contributed by atoms with van der Waals surface area (Å²) in [5, 5.41) is 3.81. The molecule has 0 radical (unpaired) electrons. The molecule has 0 saturated heterocycles. The molecule has 124 valence electrons. The zero-order chi connectivity index (χ0) is 16.2. The number of amides is 2.